The van der Waals surface area contributed by atoms with Crippen molar-refractivity contribution in [2.45, 2.75) is 0 Å². The molecule has 2 N–H and O–H groups in total. The van der Waals surface area contributed by atoms with Gasteiger partial charge >= 0.3 is 5.97 Å². The van der Waals surface area contributed by atoms with Crippen molar-refractivity contribution in [3.05, 3.63) is 78.6 Å². The summed E-state index contributed by atoms with van der Waals surface area (Å²) in [5.41, 5.74) is 3.13. The lowest BCUT2D eigenvalue weighted by molar-refractivity contribution is -0.119. The molecule has 1 heterocycles. The molecule has 0 radical (unpaired) electrons. The lowest BCUT2D eigenvalue weighted by Gasteiger charge is -2.07. The molecule has 0 aliphatic heterocycles. The molecule has 0 fully saturated rings. The van der Waals surface area contributed by atoms with E-state index in [1.54, 1.807) is 18.3 Å². The van der Waals surface area contributed by atoms with E-state index in [1.165, 1.54) is 0 Å². The number of rotatable bonds is 5. The zero-order valence-corrected chi connectivity index (χ0v) is 12.9. The first-order valence-corrected chi connectivity index (χ1v) is 7.48. The molecule has 5 nitrogen and oxygen atoms in total. The van der Waals surface area contributed by atoms with Crippen molar-refractivity contribution < 1.29 is 14.3 Å². The molecule has 120 valence electrons. The highest BCUT2D eigenvalue weighted by molar-refractivity contribution is 5.95. The summed E-state index contributed by atoms with van der Waals surface area (Å²) in [6, 6.07) is 20.7. The molecule has 0 spiro atoms. The van der Waals surface area contributed by atoms with Gasteiger partial charge < -0.3 is 15.0 Å². The van der Waals surface area contributed by atoms with Gasteiger partial charge in [0.1, 0.15) is 5.69 Å². The third-order valence-corrected chi connectivity index (χ3v) is 3.43. The maximum atomic E-state index is 11.8. The van der Waals surface area contributed by atoms with Crippen molar-refractivity contribution in [1.82, 2.24) is 4.98 Å². The minimum atomic E-state index is -0.561. The molecular formula is C19H16N2O3. The zero-order valence-electron chi connectivity index (χ0n) is 12.9. The average molecular weight is 320 g/mol. The van der Waals surface area contributed by atoms with Crippen LogP contribution >= 0.6 is 0 Å². The summed E-state index contributed by atoms with van der Waals surface area (Å²) in [7, 11) is 0. The van der Waals surface area contributed by atoms with Crippen molar-refractivity contribution >= 4 is 17.6 Å². The van der Waals surface area contributed by atoms with Crippen LogP contribution in [0.1, 0.15) is 10.5 Å². The molecule has 5 heteroatoms. The number of H-pyrrole nitrogens is 1. The van der Waals surface area contributed by atoms with Gasteiger partial charge in [0.15, 0.2) is 6.61 Å². The van der Waals surface area contributed by atoms with Crippen molar-refractivity contribution in [2.75, 3.05) is 11.9 Å². The first-order valence-electron chi connectivity index (χ1n) is 7.48. The number of nitrogens with one attached hydrogen (secondary N) is 2. The molecule has 0 unspecified atom stereocenters. The van der Waals surface area contributed by atoms with Crippen LogP contribution in [0.25, 0.3) is 11.1 Å². The van der Waals surface area contributed by atoms with Crippen LogP contribution in [-0.2, 0) is 9.53 Å². The van der Waals surface area contributed by atoms with Crippen molar-refractivity contribution in [1.29, 1.82) is 0 Å². The van der Waals surface area contributed by atoms with Gasteiger partial charge in [-0.2, -0.15) is 0 Å². The van der Waals surface area contributed by atoms with E-state index in [-0.39, 0.29) is 12.5 Å². The molecule has 24 heavy (non-hydrogen) atoms. The van der Waals surface area contributed by atoms with E-state index in [2.05, 4.69) is 10.3 Å². The van der Waals surface area contributed by atoms with Gasteiger partial charge in [-0.1, -0.05) is 42.5 Å². The van der Waals surface area contributed by atoms with Gasteiger partial charge in [0.05, 0.1) is 0 Å². The van der Waals surface area contributed by atoms with Gasteiger partial charge in [-0.05, 0) is 35.4 Å². The standard InChI is InChI=1S/C19H16N2O3/c22-18(13-24-19(23)17-7-4-12-20-17)21-16-10-8-15(9-11-16)14-5-2-1-3-6-14/h1-12,20H,13H2,(H,21,22). The molecule has 0 saturated heterocycles. The monoisotopic (exact) mass is 320 g/mol. The fourth-order valence-electron chi connectivity index (χ4n) is 2.24. The molecule has 1 amide bonds. The van der Waals surface area contributed by atoms with E-state index in [0.717, 1.165) is 11.1 Å². The normalized spacial score (nSPS) is 10.2. The Morgan fingerprint density at radius 2 is 1.58 bits per heavy atom. The Hall–Kier alpha value is -3.34. The van der Waals surface area contributed by atoms with E-state index in [0.29, 0.717) is 11.4 Å². The van der Waals surface area contributed by atoms with Crippen LogP contribution in [0.15, 0.2) is 72.9 Å². The second kappa shape index (κ2) is 7.28. The quantitative estimate of drug-likeness (QED) is 0.707. The number of aromatic nitrogens is 1. The van der Waals surface area contributed by atoms with Crippen LogP contribution in [0.3, 0.4) is 0 Å². The average Bonchev–Trinajstić information content (AvgIpc) is 3.16. The van der Waals surface area contributed by atoms with Crippen molar-refractivity contribution in [2.24, 2.45) is 0 Å². The zero-order chi connectivity index (χ0) is 16.8. The molecule has 1 aromatic heterocycles. The number of anilines is 1. The third kappa shape index (κ3) is 3.89. The fraction of sp³-hybridized carbons (Fsp3) is 0.0526. The lowest BCUT2D eigenvalue weighted by Crippen LogP contribution is -2.21. The van der Waals surface area contributed by atoms with Gasteiger partial charge in [0.25, 0.3) is 5.91 Å². The topological polar surface area (TPSA) is 71.2 Å². The van der Waals surface area contributed by atoms with E-state index >= 15 is 0 Å². The predicted molar refractivity (Wildman–Crippen MR) is 91.6 cm³/mol. The highest BCUT2D eigenvalue weighted by atomic mass is 16.5. The van der Waals surface area contributed by atoms with Crippen LogP contribution in [0.5, 0.6) is 0 Å². The first kappa shape index (κ1) is 15.6. The van der Waals surface area contributed by atoms with Gasteiger partial charge in [-0.3, -0.25) is 4.79 Å². The smallest absolute Gasteiger partial charge is 0.355 e. The molecule has 0 saturated carbocycles. The Morgan fingerprint density at radius 1 is 0.875 bits per heavy atom. The summed E-state index contributed by atoms with van der Waals surface area (Å²) >= 11 is 0. The van der Waals surface area contributed by atoms with Crippen LogP contribution in [-0.4, -0.2) is 23.5 Å². The van der Waals surface area contributed by atoms with Gasteiger partial charge in [0, 0.05) is 11.9 Å². The Balaban J connectivity index is 1.54. The molecule has 3 aromatic rings. The number of hydrogen-bond acceptors (Lipinski definition) is 3. The van der Waals surface area contributed by atoms with E-state index in [4.69, 9.17) is 4.74 Å². The Morgan fingerprint density at radius 3 is 2.25 bits per heavy atom. The number of ether oxygens (including phenoxy) is 1. The second-order valence-corrected chi connectivity index (χ2v) is 5.15. The highest BCUT2D eigenvalue weighted by Gasteiger charge is 2.10. The Bertz CT molecular complexity index is 810. The number of benzene rings is 2. The largest absolute Gasteiger partial charge is 0.451 e. The van der Waals surface area contributed by atoms with E-state index < -0.39 is 5.97 Å². The highest BCUT2D eigenvalue weighted by Crippen LogP contribution is 2.20. The molecule has 3 rings (SSSR count). The Labute approximate surface area is 139 Å². The number of amides is 1. The molecule has 0 bridgehead atoms. The molecule has 2 aromatic carbocycles. The van der Waals surface area contributed by atoms with Crippen molar-refractivity contribution in [3.63, 3.8) is 0 Å². The van der Waals surface area contributed by atoms with Crippen LogP contribution in [0.4, 0.5) is 5.69 Å². The number of aromatic amines is 1. The number of carbonyl (C=O) groups excluding carboxylic acids is 2. The molecule has 0 aliphatic rings. The van der Waals surface area contributed by atoms with Gasteiger partial charge in [-0.15, -0.1) is 0 Å². The minimum absolute atomic E-state index is 0.315. The summed E-state index contributed by atoms with van der Waals surface area (Å²) in [5, 5.41) is 2.69. The van der Waals surface area contributed by atoms with Crippen molar-refractivity contribution in [3.8, 4) is 11.1 Å². The van der Waals surface area contributed by atoms with Crippen LogP contribution < -0.4 is 5.32 Å². The summed E-state index contributed by atoms with van der Waals surface area (Å²) in [6.07, 6.45) is 1.62. The second-order valence-electron chi connectivity index (χ2n) is 5.15. The maximum absolute atomic E-state index is 11.8. The number of esters is 1. The van der Waals surface area contributed by atoms with E-state index in [9.17, 15) is 9.59 Å². The molecular weight excluding hydrogens is 304 g/mol. The Kier molecular flexibility index (Phi) is 4.72. The van der Waals surface area contributed by atoms with E-state index in [1.807, 2.05) is 54.6 Å². The summed E-state index contributed by atoms with van der Waals surface area (Å²) in [6.45, 7) is -0.335. The summed E-state index contributed by atoms with van der Waals surface area (Å²) < 4.78 is 4.93. The molecule has 0 atom stereocenters. The maximum Gasteiger partial charge on any atom is 0.355 e. The molecule has 0 aliphatic carbocycles. The number of hydrogen-bond donors (Lipinski definition) is 2. The lowest BCUT2D eigenvalue weighted by atomic mass is 10.1. The van der Waals surface area contributed by atoms with Crippen LogP contribution in [0.2, 0.25) is 0 Å². The van der Waals surface area contributed by atoms with Gasteiger partial charge in [-0.25, -0.2) is 4.79 Å². The predicted octanol–water partition coefficient (Wildman–Crippen LogP) is 3.48. The third-order valence-electron chi connectivity index (χ3n) is 3.43. The van der Waals surface area contributed by atoms with Gasteiger partial charge in [0.2, 0.25) is 0 Å². The first-order chi connectivity index (χ1) is 11.7. The minimum Gasteiger partial charge on any atom is -0.451 e. The number of carbonyl (C=O) groups is 2. The summed E-state index contributed by atoms with van der Waals surface area (Å²) in [4.78, 5) is 26.2. The fourth-order valence-corrected chi connectivity index (χ4v) is 2.24. The van der Waals surface area contributed by atoms with Crippen LogP contribution in [0, 0.1) is 0 Å². The summed E-state index contributed by atoms with van der Waals surface area (Å²) in [5.74, 6) is -0.947. The SMILES string of the molecule is O=C(COC(=O)c1ccc[nH]1)Nc1ccc(-c2ccccc2)cc1.